The minimum Gasteiger partial charge on any atom is -0.378 e. The van der Waals surface area contributed by atoms with Crippen LogP contribution in [0.3, 0.4) is 0 Å². The molecule has 0 atom stereocenters. The van der Waals surface area contributed by atoms with Crippen LogP contribution in [0, 0.1) is 32.6 Å². The van der Waals surface area contributed by atoms with Crippen molar-refractivity contribution in [3.05, 3.63) is 34.4 Å². The Kier molecular flexibility index (Phi) is 3.78. The van der Waals surface area contributed by atoms with Crippen LogP contribution in [0.1, 0.15) is 54.4 Å². The highest BCUT2D eigenvalue weighted by atomic mass is 16.3. The van der Waals surface area contributed by atoms with E-state index in [0.717, 1.165) is 31.2 Å². The molecule has 18 heavy (non-hydrogen) atoms. The van der Waals surface area contributed by atoms with Gasteiger partial charge in [0.15, 0.2) is 0 Å². The Bertz CT molecular complexity index is 496. The lowest BCUT2D eigenvalue weighted by Crippen LogP contribution is -2.29. The normalized spacial score (nSPS) is 18.0. The summed E-state index contributed by atoms with van der Waals surface area (Å²) >= 11 is 0. The summed E-state index contributed by atoms with van der Waals surface area (Å²) in [7, 11) is 0. The van der Waals surface area contributed by atoms with E-state index in [0.29, 0.717) is 0 Å². The molecule has 0 aliphatic heterocycles. The number of hydrogen-bond donors (Lipinski definition) is 1. The molecule has 2 rings (SSSR count). The van der Waals surface area contributed by atoms with Crippen molar-refractivity contribution in [1.29, 1.82) is 0 Å². The number of benzene rings is 1. The van der Waals surface area contributed by atoms with Gasteiger partial charge in [0.25, 0.3) is 0 Å². The highest BCUT2D eigenvalue weighted by Crippen LogP contribution is 2.27. The molecular formula is C17H22O. The maximum atomic E-state index is 10.4. The van der Waals surface area contributed by atoms with E-state index in [1.54, 1.807) is 0 Å². The van der Waals surface area contributed by atoms with Crippen molar-refractivity contribution in [2.24, 2.45) is 0 Å². The van der Waals surface area contributed by atoms with E-state index in [1.165, 1.54) is 23.1 Å². The molecule has 96 valence electrons. The van der Waals surface area contributed by atoms with Crippen LogP contribution >= 0.6 is 0 Å². The Morgan fingerprint density at radius 1 is 0.944 bits per heavy atom. The second-order valence-corrected chi connectivity index (χ2v) is 5.59. The van der Waals surface area contributed by atoms with Crippen molar-refractivity contribution in [2.45, 2.75) is 58.5 Å². The van der Waals surface area contributed by atoms with Crippen LogP contribution in [0.15, 0.2) is 12.1 Å². The van der Waals surface area contributed by atoms with Gasteiger partial charge < -0.3 is 5.11 Å². The Labute approximate surface area is 110 Å². The standard InChI is InChI=1S/C17H22O/c1-13-11-15(3)16(12-14(13)2)7-10-17(18)8-5-4-6-9-17/h11-12,18H,4-6,8-9H2,1-3H3. The lowest BCUT2D eigenvalue weighted by molar-refractivity contribution is 0.0610. The average molecular weight is 242 g/mol. The van der Waals surface area contributed by atoms with Gasteiger partial charge in [0.1, 0.15) is 5.60 Å². The van der Waals surface area contributed by atoms with E-state index in [-0.39, 0.29) is 0 Å². The molecule has 1 saturated carbocycles. The summed E-state index contributed by atoms with van der Waals surface area (Å²) in [4.78, 5) is 0. The van der Waals surface area contributed by atoms with Crippen molar-refractivity contribution >= 4 is 0 Å². The topological polar surface area (TPSA) is 20.2 Å². The van der Waals surface area contributed by atoms with E-state index in [9.17, 15) is 5.11 Å². The molecule has 0 unspecified atom stereocenters. The molecule has 0 aromatic heterocycles. The second-order valence-electron chi connectivity index (χ2n) is 5.59. The van der Waals surface area contributed by atoms with Crippen molar-refractivity contribution in [3.63, 3.8) is 0 Å². The predicted octanol–water partition coefficient (Wildman–Crippen LogP) is 3.66. The van der Waals surface area contributed by atoms with Crippen molar-refractivity contribution < 1.29 is 5.11 Å². The zero-order valence-corrected chi connectivity index (χ0v) is 11.6. The minimum atomic E-state index is -0.747. The monoisotopic (exact) mass is 242 g/mol. The van der Waals surface area contributed by atoms with Crippen LogP contribution in [0.2, 0.25) is 0 Å². The molecule has 0 saturated heterocycles. The Balaban J connectivity index is 2.26. The molecule has 0 amide bonds. The fraction of sp³-hybridized carbons (Fsp3) is 0.529. The first-order valence-electron chi connectivity index (χ1n) is 6.84. The third-order valence-corrected chi connectivity index (χ3v) is 3.95. The molecule has 1 aliphatic carbocycles. The van der Waals surface area contributed by atoms with Crippen LogP contribution in [0.4, 0.5) is 0 Å². The molecule has 1 aliphatic rings. The van der Waals surface area contributed by atoms with Crippen molar-refractivity contribution in [2.75, 3.05) is 0 Å². The highest BCUT2D eigenvalue weighted by Gasteiger charge is 2.26. The smallest absolute Gasteiger partial charge is 0.125 e. The number of rotatable bonds is 0. The molecule has 1 aromatic rings. The fourth-order valence-corrected chi connectivity index (χ4v) is 2.54. The molecule has 0 bridgehead atoms. The number of hydrogen-bond acceptors (Lipinski definition) is 1. The third kappa shape index (κ3) is 2.94. The van der Waals surface area contributed by atoms with Gasteiger partial charge in [0.05, 0.1) is 0 Å². The van der Waals surface area contributed by atoms with Gasteiger partial charge in [-0.15, -0.1) is 0 Å². The van der Waals surface area contributed by atoms with Gasteiger partial charge in [-0.3, -0.25) is 0 Å². The molecule has 0 radical (unpaired) electrons. The lowest BCUT2D eigenvalue weighted by atomic mass is 9.85. The van der Waals surface area contributed by atoms with Gasteiger partial charge >= 0.3 is 0 Å². The molecule has 1 nitrogen and oxygen atoms in total. The molecule has 0 spiro atoms. The van der Waals surface area contributed by atoms with Crippen molar-refractivity contribution in [1.82, 2.24) is 0 Å². The van der Waals surface area contributed by atoms with Crippen LogP contribution in [0.5, 0.6) is 0 Å². The summed E-state index contributed by atoms with van der Waals surface area (Å²) in [6, 6.07) is 4.30. The van der Waals surface area contributed by atoms with E-state index < -0.39 is 5.60 Å². The quantitative estimate of drug-likeness (QED) is 0.688. The maximum Gasteiger partial charge on any atom is 0.125 e. The second kappa shape index (κ2) is 5.16. The van der Waals surface area contributed by atoms with Crippen LogP contribution in [-0.2, 0) is 0 Å². The minimum absolute atomic E-state index is 0.747. The lowest BCUT2D eigenvalue weighted by Gasteiger charge is -2.26. The third-order valence-electron chi connectivity index (χ3n) is 3.95. The van der Waals surface area contributed by atoms with Gasteiger partial charge in [0.2, 0.25) is 0 Å². The van der Waals surface area contributed by atoms with E-state index in [1.807, 2.05) is 0 Å². The Morgan fingerprint density at radius 3 is 2.22 bits per heavy atom. The van der Waals surface area contributed by atoms with E-state index in [2.05, 4.69) is 44.7 Å². The summed E-state index contributed by atoms with van der Waals surface area (Å²) in [5.41, 5.74) is 4.07. The number of aliphatic hydroxyl groups is 1. The van der Waals surface area contributed by atoms with E-state index in [4.69, 9.17) is 0 Å². The predicted molar refractivity (Wildman–Crippen MR) is 75.6 cm³/mol. The number of aryl methyl sites for hydroxylation is 3. The summed E-state index contributed by atoms with van der Waals surface area (Å²) in [6.45, 7) is 6.31. The van der Waals surface area contributed by atoms with Crippen LogP contribution in [0.25, 0.3) is 0 Å². The summed E-state index contributed by atoms with van der Waals surface area (Å²) in [5, 5.41) is 10.4. The van der Waals surface area contributed by atoms with Gasteiger partial charge in [-0.2, -0.15) is 0 Å². The van der Waals surface area contributed by atoms with Gasteiger partial charge in [-0.05, 0) is 69.2 Å². The molecule has 1 heteroatoms. The zero-order chi connectivity index (χ0) is 13.2. The van der Waals surface area contributed by atoms with Gasteiger partial charge in [0, 0.05) is 5.56 Å². The summed E-state index contributed by atoms with van der Waals surface area (Å²) in [5.74, 6) is 6.30. The van der Waals surface area contributed by atoms with Gasteiger partial charge in [-0.1, -0.05) is 24.3 Å². The summed E-state index contributed by atoms with van der Waals surface area (Å²) in [6.07, 6.45) is 5.06. The van der Waals surface area contributed by atoms with Crippen LogP contribution < -0.4 is 0 Å². The van der Waals surface area contributed by atoms with E-state index >= 15 is 0 Å². The Hall–Kier alpha value is -1.26. The first-order chi connectivity index (χ1) is 8.50. The first-order valence-corrected chi connectivity index (χ1v) is 6.84. The highest BCUT2D eigenvalue weighted by molar-refractivity contribution is 5.46. The molecular weight excluding hydrogens is 220 g/mol. The SMILES string of the molecule is Cc1cc(C)c(C#CC2(O)CCCCC2)cc1C. The zero-order valence-electron chi connectivity index (χ0n) is 11.6. The fourth-order valence-electron chi connectivity index (χ4n) is 2.54. The van der Waals surface area contributed by atoms with Crippen LogP contribution in [-0.4, -0.2) is 10.7 Å². The average Bonchev–Trinajstić information content (AvgIpc) is 2.33. The molecule has 1 N–H and O–H groups in total. The summed E-state index contributed by atoms with van der Waals surface area (Å²) < 4.78 is 0. The molecule has 1 aromatic carbocycles. The maximum absolute atomic E-state index is 10.4. The Morgan fingerprint density at radius 2 is 1.56 bits per heavy atom. The van der Waals surface area contributed by atoms with Crippen molar-refractivity contribution in [3.8, 4) is 11.8 Å². The van der Waals surface area contributed by atoms with Gasteiger partial charge in [-0.25, -0.2) is 0 Å². The molecule has 1 fully saturated rings. The largest absolute Gasteiger partial charge is 0.378 e. The molecule has 0 heterocycles. The first kappa shape index (κ1) is 13.2.